The van der Waals surface area contributed by atoms with E-state index >= 15 is 0 Å². The zero-order valence-electron chi connectivity index (χ0n) is 23.1. The third kappa shape index (κ3) is 5.60. The van der Waals surface area contributed by atoms with Gasteiger partial charge in [-0.2, -0.15) is 0 Å². The van der Waals surface area contributed by atoms with Crippen molar-refractivity contribution in [3.05, 3.63) is 118 Å². The number of hydrogen-bond acceptors (Lipinski definition) is 7. The van der Waals surface area contributed by atoms with Crippen LogP contribution < -0.4 is 5.06 Å². The maximum atomic E-state index is 13.7. The lowest BCUT2D eigenvalue weighted by Crippen LogP contribution is -2.46. The summed E-state index contributed by atoms with van der Waals surface area (Å²) < 4.78 is 12.2. The number of anilines is 1. The summed E-state index contributed by atoms with van der Waals surface area (Å²) in [7, 11) is -1.23. The molecule has 0 N–H and O–H groups in total. The number of rotatable bonds is 7. The van der Waals surface area contributed by atoms with Gasteiger partial charge in [-0.25, -0.2) is 9.86 Å². The molecule has 0 spiro atoms. The Balaban J connectivity index is 2.10. The van der Waals surface area contributed by atoms with Crippen molar-refractivity contribution in [1.82, 2.24) is 0 Å². The molecule has 0 amide bonds. The smallest absolute Gasteiger partial charge is 0.339 e. The molecule has 0 fully saturated rings. The first-order valence-electron chi connectivity index (χ1n) is 12.8. The van der Waals surface area contributed by atoms with Crippen LogP contribution in [0.3, 0.4) is 0 Å². The zero-order chi connectivity index (χ0) is 28.4. The molecule has 0 radical (unpaired) electrons. The molecular weight excluding hydrogens is 512 g/mol. The van der Waals surface area contributed by atoms with Crippen molar-refractivity contribution >= 4 is 25.7 Å². The lowest BCUT2D eigenvalue weighted by atomic mass is 9.91. The second-order valence-corrected chi connectivity index (χ2v) is 15.6. The Hall–Kier alpha value is -3.95. The number of benzene rings is 3. The quantitative estimate of drug-likeness (QED) is 0.133. The lowest BCUT2D eigenvalue weighted by Gasteiger charge is -2.45. The summed E-state index contributed by atoms with van der Waals surface area (Å²) in [4.78, 5) is 32.2. The number of nitrogens with zero attached hydrogens (tertiary/aromatic N) is 2. The molecule has 39 heavy (non-hydrogen) atoms. The number of carbonyl (C=O) groups excluding carboxylic acids is 1. The molecule has 0 aliphatic carbocycles. The summed E-state index contributed by atoms with van der Waals surface area (Å²) in [6.07, 6.45) is -0.798. The highest BCUT2D eigenvalue weighted by molar-refractivity contribution is 6.74. The van der Waals surface area contributed by atoms with Crippen LogP contribution in [0.25, 0.3) is 0 Å². The van der Waals surface area contributed by atoms with E-state index in [0.717, 1.165) is 5.56 Å². The summed E-state index contributed by atoms with van der Waals surface area (Å²) in [6, 6.07) is 24.1. The second kappa shape index (κ2) is 11.0. The first-order chi connectivity index (χ1) is 18.5. The van der Waals surface area contributed by atoms with Crippen molar-refractivity contribution in [3.8, 4) is 0 Å². The molecule has 0 unspecified atom stereocenters. The van der Waals surface area contributed by atoms with E-state index in [9.17, 15) is 14.9 Å². The summed E-state index contributed by atoms with van der Waals surface area (Å²) in [5, 5.41) is 13.5. The van der Waals surface area contributed by atoms with Crippen LogP contribution in [-0.2, 0) is 18.8 Å². The molecule has 9 heteroatoms. The van der Waals surface area contributed by atoms with Gasteiger partial charge in [0.15, 0.2) is 6.10 Å². The highest BCUT2D eigenvalue weighted by Gasteiger charge is 2.49. The average molecular weight is 547 g/mol. The van der Waals surface area contributed by atoms with Crippen LogP contribution in [0.1, 0.15) is 44.0 Å². The van der Waals surface area contributed by atoms with Gasteiger partial charge in [0.2, 0.25) is 8.32 Å². The minimum atomic E-state index is -2.53. The molecule has 1 aliphatic heterocycles. The number of nitro benzene ring substituents is 1. The molecule has 3 aromatic carbocycles. The van der Waals surface area contributed by atoms with Gasteiger partial charge >= 0.3 is 5.97 Å². The minimum Gasteiger partial charge on any atom is -0.544 e. The number of esters is 1. The van der Waals surface area contributed by atoms with Gasteiger partial charge in [0.1, 0.15) is 17.4 Å². The van der Waals surface area contributed by atoms with Crippen LogP contribution in [0.5, 0.6) is 0 Å². The zero-order valence-corrected chi connectivity index (χ0v) is 24.1. The van der Waals surface area contributed by atoms with E-state index < -0.39 is 31.4 Å². The van der Waals surface area contributed by atoms with E-state index in [1.165, 1.54) is 13.2 Å². The van der Waals surface area contributed by atoms with Gasteiger partial charge in [0.05, 0.1) is 23.3 Å². The van der Waals surface area contributed by atoms with Gasteiger partial charge < -0.3 is 9.16 Å². The van der Waals surface area contributed by atoms with E-state index in [1.54, 1.807) is 23.3 Å². The van der Waals surface area contributed by atoms with Crippen molar-refractivity contribution in [2.45, 2.75) is 51.0 Å². The third-order valence-corrected chi connectivity index (χ3v) is 11.7. The molecule has 8 nitrogen and oxygen atoms in total. The van der Waals surface area contributed by atoms with Crippen molar-refractivity contribution in [2.24, 2.45) is 0 Å². The van der Waals surface area contributed by atoms with Crippen molar-refractivity contribution < 1.29 is 23.7 Å². The fraction of sp³-hybridized carbons (Fsp3) is 0.300. The normalized spacial score (nSPS) is 18.1. The number of methoxy groups -OCH3 is 1. The lowest BCUT2D eigenvalue weighted by molar-refractivity contribution is -0.385. The van der Waals surface area contributed by atoms with E-state index in [1.807, 2.05) is 60.7 Å². The summed E-state index contributed by atoms with van der Waals surface area (Å²) in [6.45, 7) is 10.5. The molecule has 0 saturated heterocycles. The maximum absolute atomic E-state index is 13.7. The molecule has 2 atom stereocenters. The first kappa shape index (κ1) is 28.1. The maximum Gasteiger partial charge on any atom is 0.339 e. The summed E-state index contributed by atoms with van der Waals surface area (Å²) in [5.74, 6) is -0.327. The van der Waals surface area contributed by atoms with Crippen LogP contribution in [0, 0.1) is 10.1 Å². The fourth-order valence-corrected chi connectivity index (χ4v) is 5.34. The molecule has 0 saturated carbocycles. The fourth-order valence-electron chi connectivity index (χ4n) is 4.27. The van der Waals surface area contributed by atoms with Gasteiger partial charge in [-0.15, -0.1) is 0 Å². The third-order valence-electron chi connectivity index (χ3n) is 7.35. The molecule has 3 aromatic rings. The summed E-state index contributed by atoms with van der Waals surface area (Å²) >= 11 is 0. The number of carbonyl (C=O) groups is 1. The Morgan fingerprint density at radius 1 is 0.949 bits per heavy atom. The van der Waals surface area contributed by atoms with Crippen LogP contribution in [0.15, 0.2) is 96.3 Å². The SMILES string of the molecule is COC(=O)C1=C(O[Si](C)(C)C(C)(C)C)[C@@H](c2ccccc2)ON(c2ccccc2)[C@H]1c1ccccc1[N+](=O)[O-]. The van der Waals surface area contributed by atoms with E-state index in [4.69, 9.17) is 14.0 Å². The predicted molar refractivity (Wildman–Crippen MR) is 152 cm³/mol. The van der Waals surface area contributed by atoms with Crippen molar-refractivity contribution in [1.29, 1.82) is 0 Å². The number of ether oxygens (including phenoxy) is 1. The van der Waals surface area contributed by atoms with Crippen molar-refractivity contribution in [3.63, 3.8) is 0 Å². The van der Waals surface area contributed by atoms with Crippen molar-refractivity contribution in [2.75, 3.05) is 12.2 Å². The number of hydrogen-bond donors (Lipinski definition) is 0. The molecule has 204 valence electrons. The van der Waals surface area contributed by atoms with Gasteiger partial charge in [-0.1, -0.05) is 81.4 Å². The molecule has 1 aliphatic rings. The average Bonchev–Trinajstić information content (AvgIpc) is 2.92. The van der Waals surface area contributed by atoms with Crippen LogP contribution in [-0.4, -0.2) is 26.3 Å². The van der Waals surface area contributed by atoms with Crippen LogP contribution in [0.4, 0.5) is 11.4 Å². The Bertz CT molecular complexity index is 1370. The topological polar surface area (TPSA) is 91.1 Å². The van der Waals surface area contributed by atoms with Gasteiger partial charge in [-0.05, 0) is 41.9 Å². The van der Waals surface area contributed by atoms with E-state index in [0.29, 0.717) is 11.4 Å². The molecular formula is C30H34N2O6Si. The van der Waals surface area contributed by atoms with Gasteiger partial charge in [0, 0.05) is 6.07 Å². The number of para-hydroxylation sites is 2. The van der Waals surface area contributed by atoms with Gasteiger partial charge in [0.25, 0.3) is 5.69 Å². The van der Waals surface area contributed by atoms with E-state index in [2.05, 4.69) is 33.9 Å². The number of nitro groups is 1. The molecule has 0 bridgehead atoms. The standard InChI is InChI=1S/C30H34N2O6Si/c1-30(2,3)39(5,6)38-28-25(29(33)36-4)26(23-19-13-14-20-24(23)32(34)35)31(22-17-11-8-12-18-22)37-27(28)21-15-9-7-10-16-21/h7-20,26-27H,1-6H3/t26-,27+/m0/s1. The minimum absolute atomic E-state index is 0.140. The van der Waals surface area contributed by atoms with Crippen LogP contribution in [0.2, 0.25) is 18.1 Å². The number of hydroxylamine groups is 1. The largest absolute Gasteiger partial charge is 0.544 e. The van der Waals surface area contributed by atoms with E-state index in [-0.39, 0.29) is 21.9 Å². The molecule has 0 aromatic heterocycles. The highest BCUT2D eigenvalue weighted by atomic mass is 28.4. The monoisotopic (exact) mass is 546 g/mol. The second-order valence-electron chi connectivity index (χ2n) is 10.9. The molecule has 4 rings (SSSR count). The van der Waals surface area contributed by atoms with Gasteiger partial charge in [-0.3, -0.25) is 15.0 Å². The molecule has 1 heterocycles. The Kier molecular flexibility index (Phi) is 7.94. The Labute approximate surface area is 230 Å². The first-order valence-corrected chi connectivity index (χ1v) is 15.7. The highest BCUT2D eigenvalue weighted by Crippen LogP contribution is 2.50. The Morgan fingerprint density at radius 2 is 1.51 bits per heavy atom. The predicted octanol–water partition coefficient (Wildman–Crippen LogP) is 7.28. The Morgan fingerprint density at radius 3 is 2.08 bits per heavy atom. The summed E-state index contributed by atoms with van der Waals surface area (Å²) in [5.41, 5.74) is 1.71. The van der Waals surface area contributed by atoms with Crippen LogP contribution >= 0.6 is 0 Å².